The van der Waals surface area contributed by atoms with Gasteiger partial charge in [0, 0.05) is 24.0 Å². The van der Waals surface area contributed by atoms with Gasteiger partial charge in [-0.25, -0.2) is 9.07 Å². The third-order valence-electron chi connectivity index (χ3n) is 5.23. The van der Waals surface area contributed by atoms with E-state index in [2.05, 4.69) is 5.10 Å². The van der Waals surface area contributed by atoms with E-state index in [1.807, 2.05) is 43.3 Å². The van der Waals surface area contributed by atoms with E-state index in [0.717, 1.165) is 11.1 Å². The molecule has 3 aromatic rings. The van der Waals surface area contributed by atoms with Crippen molar-refractivity contribution in [2.45, 2.75) is 25.8 Å². The molecule has 0 radical (unpaired) electrons. The summed E-state index contributed by atoms with van der Waals surface area (Å²) in [5.74, 6) is -0.675. The zero-order chi connectivity index (χ0) is 20.5. The number of primary amides is 1. The van der Waals surface area contributed by atoms with Crippen molar-refractivity contribution in [3.05, 3.63) is 71.7 Å². The molecule has 0 bridgehead atoms. The van der Waals surface area contributed by atoms with Crippen molar-refractivity contribution in [3.63, 3.8) is 0 Å². The van der Waals surface area contributed by atoms with Crippen LogP contribution >= 0.6 is 0 Å². The Morgan fingerprint density at radius 2 is 1.97 bits per heavy atom. The number of hydrogen-bond donors (Lipinski definition) is 1. The molecule has 6 nitrogen and oxygen atoms in total. The Labute approximate surface area is 167 Å². The van der Waals surface area contributed by atoms with Gasteiger partial charge < -0.3 is 5.73 Å². The minimum Gasteiger partial charge on any atom is -0.368 e. The average molecular weight is 392 g/mol. The van der Waals surface area contributed by atoms with E-state index in [0.29, 0.717) is 23.6 Å². The van der Waals surface area contributed by atoms with Crippen LogP contribution in [0.1, 0.15) is 30.5 Å². The van der Waals surface area contributed by atoms with E-state index < -0.39 is 5.91 Å². The van der Waals surface area contributed by atoms with Crippen LogP contribution in [0.2, 0.25) is 0 Å². The first-order valence-corrected chi connectivity index (χ1v) is 9.45. The number of carbonyl (C=O) groups excluding carboxylic acids is 2. The Bertz CT molecular complexity index is 1080. The van der Waals surface area contributed by atoms with E-state index in [1.54, 1.807) is 16.8 Å². The van der Waals surface area contributed by atoms with Crippen molar-refractivity contribution >= 4 is 17.6 Å². The van der Waals surface area contributed by atoms with Gasteiger partial charge in [0.1, 0.15) is 18.2 Å². The molecule has 0 saturated carbocycles. The molecule has 1 aliphatic heterocycles. The number of carbonyl (C=O) groups is 2. The highest BCUT2D eigenvalue weighted by molar-refractivity contribution is 5.98. The number of amides is 2. The first-order valence-electron chi connectivity index (χ1n) is 9.45. The largest absolute Gasteiger partial charge is 0.368 e. The average Bonchev–Trinajstić information content (AvgIpc) is 3.14. The van der Waals surface area contributed by atoms with Gasteiger partial charge in [0.15, 0.2) is 0 Å². The number of anilines is 1. The molecule has 148 valence electrons. The second-order valence-electron chi connectivity index (χ2n) is 7.17. The number of benzene rings is 2. The summed E-state index contributed by atoms with van der Waals surface area (Å²) in [5.41, 5.74) is 8.13. The summed E-state index contributed by atoms with van der Waals surface area (Å²) in [6.45, 7) is 2.20. The third-order valence-corrected chi connectivity index (χ3v) is 5.23. The number of aromatic nitrogens is 2. The highest BCUT2D eigenvalue weighted by Gasteiger charge is 2.28. The maximum absolute atomic E-state index is 14.8. The van der Waals surface area contributed by atoms with Crippen LogP contribution < -0.4 is 10.6 Å². The molecule has 2 heterocycles. The summed E-state index contributed by atoms with van der Waals surface area (Å²) < 4.78 is 16.5. The maximum Gasteiger partial charge on any atom is 0.237 e. The smallest absolute Gasteiger partial charge is 0.237 e. The molecule has 2 N–H and O–H groups in total. The standard InChI is InChI=1S/C22H21FN4O2/c1-14(16-7-8-17(18(23)11-16)15-5-3-2-4-6-15)19-12-21-26(13-20(24)28)22(29)9-10-27(21)25-19/h2-8,11-12,14H,9-10,13H2,1H3,(H2,24,28). The highest BCUT2D eigenvalue weighted by Crippen LogP contribution is 2.32. The number of fused-ring (bicyclic) bond motifs is 1. The van der Waals surface area contributed by atoms with E-state index in [-0.39, 0.29) is 30.6 Å². The summed E-state index contributed by atoms with van der Waals surface area (Å²) in [6, 6.07) is 16.3. The molecule has 2 aromatic carbocycles. The minimum atomic E-state index is -0.582. The lowest BCUT2D eigenvalue weighted by Gasteiger charge is -2.26. The number of aryl methyl sites for hydroxylation is 1. The molecular weight excluding hydrogens is 371 g/mol. The second-order valence-corrected chi connectivity index (χ2v) is 7.17. The molecule has 0 saturated heterocycles. The van der Waals surface area contributed by atoms with E-state index in [9.17, 15) is 14.0 Å². The Hall–Kier alpha value is -3.48. The molecule has 1 unspecified atom stereocenters. The zero-order valence-electron chi connectivity index (χ0n) is 16.0. The molecule has 2 amide bonds. The lowest BCUT2D eigenvalue weighted by Crippen LogP contribution is -2.42. The van der Waals surface area contributed by atoms with Crippen molar-refractivity contribution in [2.75, 3.05) is 11.4 Å². The molecule has 0 aliphatic carbocycles. The van der Waals surface area contributed by atoms with Crippen LogP contribution in [0.5, 0.6) is 0 Å². The van der Waals surface area contributed by atoms with Crippen molar-refractivity contribution < 1.29 is 14.0 Å². The highest BCUT2D eigenvalue weighted by atomic mass is 19.1. The van der Waals surface area contributed by atoms with Crippen LogP contribution in [0, 0.1) is 5.82 Å². The van der Waals surface area contributed by atoms with Crippen LogP contribution in [0.15, 0.2) is 54.6 Å². The van der Waals surface area contributed by atoms with Crippen molar-refractivity contribution in [1.82, 2.24) is 9.78 Å². The van der Waals surface area contributed by atoms with Crippen molar-refractivity contribution in [3.8, 4) is 11.1 Å². The third kappa shape index (κ3) is 3.63. The van der Waals surface area contributed by atoms with Gasteiger partial charge in [-0.15, -0.1) is 0 Å². The Kier molecular flexibility index (Phi) is 4.88. The van der Waals surface area contributed by atoms with Crippen LogP contribution in [-0.2, 0) is 16.1 Å². The van der Waals surface area contributed by atoms with Crippen LogP contribution in [0.25, 0.3) is 11.1 Å². The lowest BCUT2D eigenvalue weighted by molar-refractivity contribution is -0.123. The molecule has 7 heteroatoms. The van der Waals surface area contributed by atoms with Gasteiger partial charge in [-0.3, -0.25) is 14.5 Å². The van der Waals surface area contributed by atoms with Gasteiger partial charge in [-0.1, -0.05) is 49.4 Å². The summed E-state index contributed by atoms with van der Waals surface area (Å²) >= 11 is 0. The van der Waals surface area contributed by atoms with E-state index in [4.69, 9.17) is 5.73 Å². The van der Waals surface area contributed by atoms with E-state index in [1.165, 1.54) is 11.0 Å². The number of nitrogens with two attached hydrogens (primary N) is 1. The monoisotopic (exact) mass is 392 g/mol. The van der Waals surface area contributed by atoms with Gasteiger partial charge in [0.05, 0.1) is 12.2 Å². The fourth-order valence-electron chi connectivity index (χ4n) is 3.63. The first kappa shape index (κ1) is 18.9. The van der Waals surface area contributed by atoms with Crippen molar-refractivity contribution in [2.24, 2.45) is 5.73 Å². The number of rotatable bonds is 5. The van der Waals surface area contributed by atoms with E-state index >= 15 is 0 Å². The molecule has 0 fully saturated rings. The molecular formula is C22H21FN4O2. The molecule has 1 aromatic heterocycles. The second kappa shape index (κ2) is 7.50. The van der Waals surface area contributed by atoms with Gasteiger partial charge in [0.2, 0.25) is 11.8 Å². The predicted molar refractivity (Wildman–Crippen MR) is 108 cm³/mol. The van der Waals surface area contributed by atoms with Crippen LogP contribution in [0.4, 0.5) is 10.2 Å². The minimum absolute atomic E-state index is 0.159. The predicted octanol–water partition coefficient (Wildman–Crippen LogP) is 3.06. The normalized spacial score (nSPS) is 14.6. The summed E-state index contributed by atoms with van der Waals surface area (Å²) in [4.78, 5) is 24.9. The topological polar surface area (TPSA) is 81.2 Å². The zero-order valence-corrected chi connectivity index (χ0v) is 16.0. The lowest BCUT2D eigenvalue weighted by atomic mass is 9.95. The van der Waals surface area contributed by atoms with Gasteiger partial charge >= 0.3 is 0 Å². The van der Waals surface area contributed by atoms with Crippen LogP contribution in [-0.4, -0.2) is 28.1 Å². The fourth-order valence-corrected chi connectivity index (χ4v) is 3.63. The SMILES string of the molecule is CC(c1ccc(-c2ccccc2)c(F)c1)c1cc2n(n1)CCC(=O)N2CC(N)=O. The quantitative estimate of drug-likeness (QED) is 0.725. The van der Waals surface area contributed by atoms with Gasteiger partial charge in [-0.2, -0.15) is 5.10 Å². The fraction of sp³-hybridized carbons (Fsp3) is 0.227. The Balaban J connectivity index is 1.64. The first-order chi connectivity index (χ1) is 13.9. The molecule has 4 rings (SSSR count). The van der Waals surface area contributed by atoms with Gasteiger partial charge in [0.25, 0.3) is 0 Å². The molecule has 1 atom stereocenters. The Morgan fingerprint density at radius 1 is 1.21 bits per heavy atom. The maximum atomic E-state index is 14.8. The summed E-state index contributed by atoms with van der Waals surface area (Å²) in [6.07, 6.45) is 0.260. The van der Waals surface area contributed by atoms with Crippen LogP contribution in [0.3, 0.4) is 0 Å². The number of nitrogens with zero attached hydrogens (tertiary/aromatic N) is 3. The molecule has 29 heavy (non-hydrogen) atoms. The molecule has 1 aliphatic rings. The Morgan fingerprint density at radius 3 is 2.66 bits per heavy atom. The molecule has 0 spiro atoms. The van der Waals surface area contributed by atoms with Gasteiger partial charge in [-0.05, 0) is 17.2 Å². The summed E-state index contributed by atoms with van der Waals surface area (Å²) in [5, 5.41) is 4.58. The number of halogens is 1. The number of hydrogen-bond acceptors (Lipinski definition) is 3. The van der Waals surface area contributed by atoms with Crippen molar-refractivity contribution in [1.29, 1.82) is 0 Å². The summed E-state index contributed by atoms with van der Waals surface area (Å²) in [7, 11) is 0.